The van der Waals surface area contributed by atoms with Crippen LogP contribution in [0.25, 0.3) is 5.70 Å². The molecular formula is C22H29NO3. The second-order valence-electron chi connectivity index (χ2n) is 7.44. The van der Waals surface area contributed by atoms with Crippen molar-refractivity contribution in [3.63, 3.8) is 0 Å². The SMILES string of the molecule is CCCC(=O)NC1=C(C(=O)OCC)C2(CCCCC2)Cc2ccccc21. The number of carbonyl (C=O) groups excluding carboxylic acids is 2. The summed E-state index contributed by atoms with van der Waals surface area (Å²) in [4.78, 5) is 25.4. The Morgan fingerprint density at radius 2 is 1.85 bits per heavy atom. The Labute approximate surface area is 156 Å². The van der Waals surface area contributed by atoms with Gasteiger partial charge >= 0.3 is 5.97 Å². The summed E-state index contributed by atoms with van der Waals surface area (Å²) in [5, 5.41) is 3.08. The van der Waals surface area contributed by atoms with E-state index in [2.05, 4.69) is 11.4 Å². The first-order chi connectivity index (χ1) is 12.6. The van der Waals surface area contributed by atoms with Gasteiger partial charge < -0.3 is 10.1 Å². The Morgan fingerprint density at radius 3 is 2.54 bits per heavy atom. The van der Waals surface area contributed by atoms with Gasteiger partial charge in [-0.25, -0.2) is 4.79 Å². The van der Waals surface area contributed by atoms with Crippen molar-refractivity contribution in [1.82, 2.24) is 5.32 Å². The maximum atomic E-state index is 13.0. The third kappa shape index (κ3) is 3.55. The molecule has 140 valence electrons. The first-order valence-corrected chi connectivity index (χ1v) is 9.91. The molecular weight excluding hydrogens is 326 g/mol. The minimum atomic E-state index is -0.268. The summed E-state index contributed by atoms with van der Waals surface area (Å²) >= 11 is 0. The Bertz CT molecular complexity index is 714. The lowest BCUT2D eigenvalue weighted by atomic mass is 9.62. The molecule has 0 saturated heterocycles. The van der Waals surface area contributed by atoms with Crippen molar-refractivity contribution in [2.45, 2.75) is 65.2 Å². The number of esters is 1. The number of carbonyl (C=O) groups is 2. The standard InChI is InChI=1S/C22H29NO3/c1-3-10-18(24)23-20-17-12-7-6-11-16(17)15-22(13-8-5-9-14-22)19(20)21(25)26-4-2/h6-7,11-12H,3-5,8-10,13-15H2,1-2H3,(H,23,24). The summed E-state index contributed by atoms with van der Waals surface area (Å²) in [6.07, 6.45) is 7.46. The molecule has 0 unspecified atom stereocenters. The van der Waals surface area contributed by atoms with Crippen LogP contribution in [0.15, 0.2) is 29.8 Å². The zero-order valence-corrected chi connectivity index (χ0v) is 15.9. The van der Waals surface area contributed by atoms with E-state index in [1.54, 1.807) is 0 Å². The number of ether oxygens (including phenoxy) is 1. The van der Waals surface area contributed by atoms with Gasteiger partial charge in [-0.2, -0.15) is 0 Å². The van der Waals surface area contributed by atoms with Crippen LogP contribution in [0.1, 0.15) is 69.9 Å². The third-order valence-corrected chi connectivity index (χ3v) is 5.63. The van der Waals surface area contributed by atoms with Gasteiger partial charge in [0.2, 0.25) is 5.91 Å². The average Bonchev–Trinajstić information content (AvgIpc) is 2.62. The van der Waals surface area contributed by atoms with Gasteiger partial charge in [0.05, 0.1) is 17.9 Å². The molecule has 4 heteroatoms. The van der Waals surface area contributed by atoms with E-state index in [0.717, 1.165) is 44.1 Å². The molecule has 1 fully saturated rings. The van der Waals surface area contributed by atoms with Crippen molar-refractivity contribution >= 4 is 17.6 Å². The van der Waals surface area contributed by atoms with E-state index in [4.69, 9.17) is 4.74 Å². The molecule has 0 aliphatic heterocycles. The second kappa shape index (κ2) is 8.07. The predicted octanol–water partition coefficient (Wildman–Crippen LogP) is 4.38. The van der Waals surface area contributed by atoms with Gasteiger partial charge in [-0.05, 0) is 38.2 Å². The molecule has 1 aromatic carbocycles. The molecule has 1 spiro atoms. The summed E-state index contributed by atoms with van der Waals surface area (Å²) in [6, 6.07) is 8.13. The molecule has 4 nitrogen and oxygen atoms in total. The Morgan fingerprint density at radius 1 is 1.12 bits per heavy atom. The van der Waals surface area contributed by atoms with Gasteiger partial charge in [0, 0.05) is 17.4 Å². The number of rotatable bonds is 5. The maximum Gasteiger partial charge on any atom is 0.336 e. The number of nitrogens with one attached hydrogen (secondary N) is 1. The van der Waals surface area contributed by atoms with Gasteiger partial charge in [0.25, 0.3) is 0 Å². The highest BCUT2D eigenvalue weighted by atomic mass is 16.5. The minimum Gasteiger partial charge on any atom is -0.463 e. The Balaban J connectivity index is 2.15. The quantitative estimate of drug-likeness (QED) is 0.797. The van der Waals surface area contributed by atoms with Crippen molar-refractivity contribution in [2.75, 3.05) is 6.61 Å². The highest BCUT2D eigenvalue weighted by molar-refractivity contribution is 6.03. The summed E-state index contributed by atoms with van der Waals surface area (Å²) in [6.45, 7) is 4.16. The van der Waals surface area contributed by atoms with E-state index in [1.807, 2.05) is 32.0 Å². The molecule has 26 heavy (non-hydrogen) atoms. The van der Waals surface area contributed by atoms with Crippen molar-refractivity contribution in [3.8, 4) is 0 Å². The van der Waals surface area contributed by atoms with Crippen LogP contribution in [0.2, 0.25) is 0 Å². The van der Waals surface area contributed by atoms with Gasteiger partial charge in [-0.15, -0.1) is 0 Å². The van der Waals surface area contributed by atoms with Gasteiger partial charge in [-0.3, -0.25) is 4.79 Å². The molecule has 0 radical (unpaired) electrons. The molecule has 3 rings (SSSR count). The fraction of sp³-hybridized carbons (Fsp3) is 0.545. The fourth-order valence-electron chi connectivity index (χ4n) is 4.51. The van der Waals surface area contributed by atoms with E-state index in [0.29, 0.717) is 24.3 Å². The van der Waals surface area contributed by atoms with Crippen LogP contribution in [-0.2, 0) is 20.7 Å². The van der Waals surface area contributed by atoms with Crippen molar-refractivity contribution < 1.29 is 14.3 Å². The van der Waals surface area contributed by atoms with Crippen molar-refractivity contribution in [2.24, 2.45) is 5.41 Å². The molecule has 2 aliphatic rings. The Hall–Kier alpha value is -2.10. The molecule has 0 aromatic heterocycles. The van der Waals surface area contributed by atoms with Crippen LogP contribution in [0.5, 0.6) is 0 Å². The molecule has 1 aromatic rings. The van der Waals surface area contributed by atoms with Crippen LogP contribution in [-0.4, -0.2) is 18.5 Å². The summed E-state index contributed by atoms with van der Waals surface area (Å²) in [5.41, 5.74) is 3.35. The van der Waals surface area contributed by atoms with Crippen LogP contribution in [0.3, 0.4) is 0 Å². The summed E-state index contributed by atoms with van der Waals surface area (Å²) in [5.74, 6) is -0.303. The second-order valence-corrected chi connectivity index (χ2v) is 7.44. The number of hydrogen-bond donors (Lipinski definition) is 1. The Kier molecular flexibility index (Phi) is 5.80. The van der Waals surface area contributed by atoms with E-state index < -0.39 is 0 Å². The maximum absolute atomic E-state index is 13.0. The first-order valence-electron chi connectivity index (χ1n) is 9.91. The molecule has 1 saturated carbocycles. The fourth-order valence-corrected chi connectivity index (χ4v) is 4.51. The monoisotopic (exact) mass is 355 g/mol. The van der Waals surface area contributed by atoms with E-state index in [9.17, 15) is 9.59 Å². The lowest BCUT2D eigenvalue weighted by molar-refractivity contribution is -0.140. The van der Waals surface area contributed by atoms with E-state index >= 15 is 0 Å². The molecule has 1 N–H and O–H groups in total. The highest BCUT2D eigenvalue weighted by Gasteiger charge is 2.45. The highest BCUT2D eigenvalue weighted by Crippen LogP contribution is 2.51. The van der Waals surface area contributed by atoms with Crippen LogP contribution in [0, 0.1) is 5.41 Å². The van der Waals surface area contributed by atoms with Gasteiger partial charge in [0.15, 0.2) is 0 Å². The summed E-state index contributed by atoms with van der Waals surface area (Å²) < 4.78 is 5.45. The number of hydrogen-bond acceptors (Lipinski definition) is 3. The lowest BCUT2D eigenvalue weighted by Gasteiger charge is -2.43. The van der Waals surface area contributed by atoms with Crippen LogP contribution >= 0.6 is 0 Å². The molecule has 0 heterocycles. The number of benzene rings is 1. The van der Waals surface area contributed by atoms with E-state index in [-0.39, 0.29) is 17.3 Å². The molecule has 0 atom stereocenters. The zero-order valence-electron chi connectivity index (χ0n) is 15.9. The molecule has 1 amide bonds. The van der Waals surface area contributed by atoms with Gasteiger partial charge in [-0.1, -0.05) is 50.5 Å². The minimum absolute atomic E-state index is 0.0352. The number of fused-ring (bicyclic) bond motifs is 1. The van der Waals surface area contributed by atoms with Crippen LogP contribution < -0.4 is 5.32 Å². The summed E-state index contributed by atoms with van der Waals surface area (Å²) in [7, 11) is 0. The lowest BCUT2D eigenvalue weighted by Crippen LogP contribution is -2.40. The van der Waals surface area contributed by atoms with Crippen molar-refractivity contribution in [1.29, 1.82) is 0 Å². The topological polar surface area (TPSA) is 55.4 Å². The number of amides is 1. The molecule has 2 aliphatic carbocycles. The zero-order chi connectivity index (χ0) is 18.6. The first kappa shape index (κ1) is 18.7. The van der Waals surface area contributed by atoms with Gasteiger partial charge in [0.1, 0.15) is 0 Å². The third-order valence-electron chi connectivity index (χ3n) is 5.63. The van der Waals surface area contributed by atoms with E-state index in [1.165, 1.54) is 12.0 Å². The van der Waals surface area contributed by atoms with Crippen LogP contribution in [0.4, 0.5) is 0 Å². The van der Waals surface area contributed by atoms with Crippen molar-refractivity contribution in [3.05, 3.63) is 41.0 Å². The average molecular weight is 355 g/mol. The smallest absolute Gasteiger partial charge is 0.336 e. The molecule has 0 bridgehead atoms. The largest absolute Gasteiger partial charge is 0.463 e. The normalized spacial score (nSPS) is 18.4. The predicted molar refractivity (Wildman–Crippen MR) is 102 cm³/mol.